The van der Waals surface area contributed by atoms with Gasteiger partial charge in [0.2, 0.25) is 0 Å². The molecule has 0 unspecified atom stereocenters. The number of hydrogen-bond donors (Lipinski definition) is 0. The van der Waals surface area contributed by atoms with Crippen molar-refractivity contribution in [2.75, 3.05) is 7.11 Å². The number of ether oxygens (including phenoxy) is 1. The van der Waals surface area contributed by atoms with Crippen LogP contribution in [-0.2, 0) is 19.6 Å². The number of rotatable bonds is 5. The molecule has 0 saturated heterocycles. The van der Waals surface area contributed by atoms with Crippen molar-refractivity contribution in [3.63, 3.8) is 0 Å². The molecule has 8 heteroatoms. The van der Waals surface area contributed by atoms with Crippen LogP contribution in [0, 0.1) is 6.92 Å². The van der Waals surface area contributed by atoms with Gasteiger partial charge in [-0.15, -0.1) is 0 Å². The molecule has 0 heterocycles. The molecule has 2 aromatic carbocycles. The molecule has 0 N–H and O–H groups in total. The maximum absolute atomic E-state index is 12.2. The molecule has 24 heavy (non-hydrogen) atoms. The molecule has 124 valence electrons. The maximum atomic E-state index is 12.2. The highest BCUT2D eigenvalue weighted by Gasteiger charge is 2.24. The first-order valence-electron chi connectivity index (χ1n) is 6.79. The Morgan fingerprint density at radius 2 is 1.62 bits per heavy atom. The Morgan fingerprint density at radius 3 is 2.12 bits per heavy atom. The molecular weight excluding hydrogens is 332 g/mol. The van der Waals surface area contributed by atoms with Crippen molar-refractivity contribution in [2.45, 2.75) is 11.8 Å². The third kappa shape index (κ3) is 3.87. The number of hydrogen-bond acceptors (Lipinski definition) is 5. The van der Waals surface area contributed by atoms with E-state index in [1.807, 2.05) is 6.92 Å². The SMILES string of the molecule is COC(=O)C(=[N+]=[N-])c1ccc(OS(=O)(=O)c2ccc(C)cc2)cc1. The van der Waals surface area contributed by atoms with Gasteiger partial charge in [-0.3, -0.25) is 0 Å². The van der Waals surface area contributed by atoms with Gasteiger partial charge >= 0.3 is 21.8 Å². The molecule has 7 nitrogen and oxygen atoms in total. The number of carbonyl (C=O) groups is 1. The zero-order valence-electron chi connectivity index (χ0n) is 13.0. The lowest BCUT2D eigenvalue weighted by atomic mass is 10.1. The molecule has 0 bridgehead atoms. The third-order valence-corrected chi connectivity index (χ3v) is 4.38. The summed E-state index contributed by atoms with van der Waals surface area (Å²) in [7, 11) is -2.81. The van der Waals surface area contributed by atoms with E-state index in [2.05, 4.69) is 9.53 Å². The molecule has 0 amide bonds. The van der Waals surface area contributed by atoms with E-state index in [1.165, 1.54) is 36.4 Å². The fourth-order valence-corrected chi connectivity index (χ4v) is 2.79. The fraction of sp³-hybridized carbons (Fsp3) is 0.125. The molecule has 0 fully saturated rings. The van der Waals surface area contributed by atoms with Crippen LogP contribution in [0.5, 0.6) is 5.75 Å². The predicted octanol–water partition coefficient (Wildman–Crippen LogP) is 1.95. The number of benzene rings is 2. The first-order chi connectivity index (χ1) is 11.4. The van der Waals surface area contributed by atoms with E-state index in [0.717, 1.165) is 12.7 Å². The summed E-state index contributed by atoms with van der Waals surface area (Å²) in [5.41, 5.74) is 9.75. The first-order valence-corrected chi connectivity index (χ1v) is 8.20. The molecule has 2 aromatic rings. The van der Waals surface area contributed by atoms with Crippen LogP contribution in [0.4, 0.5) is 0 Å². The highest BCUT2D eigenvalue weighted by molar-refractivity contribution is 7.87. The Morgan fingerprint density at radius 1 is 1.04 bits per heavy atom. The minimum Gasteiger partial charge on any atom is -0.460 e. The van der Waals surface area contributed by atoms with Gasteiger partial charge in [-0.25, -0.2) is 4.79 Å². The lowest BCUT2D eigenvalue weighted by molar-refractivity contribution is -0.137. The minimum atomic E-state index is -3.96. The Labute approximate surface area is 139 Å². The molecule has 0 aliphatic carbocycles. The molecular formula is C16H14N2O5S. The van der Waals surface area contributed by atoms with Crippen molar-refractivity contribution in [1.82, 2.24) is 0 Å². The van der Waals surface area contributed by atoms with Gasteiger partial charge in [-0.05, 0) is 43.3 Å². The highest BCUT2D eigenvalue weighted by atomic mass is 32.2. The van der Waals surface area contributed by atoms with Crippen molar-refractivity contribution in [2.24, 2.45) is 0 Å². The Hall–Kier alpha value is -2.96. The molecule has 0 atom stereocenters. The van der Waals surface area contributed by atoms with Gasteiger partial charge < -0.3 is 14.5 Å². The Balaban J connectivity index is 2.24. The number of esters is 1. The number of nitrogens with zero attached hydrogens (tertiary/aromatic N) is 2. The standard InChI is InChI=1S/C16H14N2O5S/c1-11-3-9-14(10-4-11)24(20,21)23-13-7-5-12(6-8-13)15(18-17)16(19)22-2/h3-10H,1-2H3. The van der Waals surface area contributed by atoms with Crippen molar-refractivity contribution < 1.29 is 26.9 Å². The van der Waals surface area contributed by atoms with E-state index < -0.39 is 16.1 Å². The van der Waals surface area contributed by atoms with Crippen molar-refractivity contribution in [1.29, 1.82) is 0 Å². The number of carbonyl (C=O) groups excluding carboxylic acids is 1. The van der Waals surface area contributed by atoms with Gasteiger partial charge in [0.15, 0.2) is 0 Å². The average Bonchev–Trinajstić information content (AvgIpc) is 2.57. The molecule has 0 spiro atoms. The lowest BCUT2D eigenvalue weighted by Gasteiger charge is -2.07. The van der Waals surface area contributed by atoms with E-state index in [-0.39, 0.29) is 21.9 Å². The average molecular weight is 346 g/mol. The summed E-state index contributed by atoms with van der Waals surface area (Å²) in [6.07, 6.45) is 0. The second kappa shape index (κ2) is 7.08. The minimum absolute atomic E-state index is 0.0318. The summed E-state index contributed by atoms with van der Waals surface area (Å²) in [5, 5.41) is 0. The summed E-state index contributed by atoms with van der Waals surface area (Å²) in [6, 6.07) is 11.7. The molecule has 2 rings (SSSR count). The first kappa shape index (κ1) is 17.4. The second-order valence-corrected chi connectivity index (χ2v) is 6.36. The summed E-state index contributed by atoms with van der Waals surface area (Å²) in [5.74, 6) is -0.764. The zero-order chi connectivity index (χ0) is 17.7. The van der Waals surface area contributed by atoms with Crippen molar-refractivity contribution >= 4 is 21.8 Å². The number of methoxy groups -OCH3 is 1. The molecule has 0 aliphatic heterocycles. The van der Waals surface area contributed by atoms with Gasteiger partial charge in [0, 0.05) is 0 Å². The van der Waals surface area contributed by atoms with Crippen LogP contribution in [0.3, 0.4) is 0 Å². The van der Waals surface area contributed by atoms with Crippen LogP contribution < -0.4 is 4.18 Å². The summed E-state index contributed by atoms with van der Waals surface area (Å²) < 4.78 is 33.9. The van der Waals surface area contributed by atoms with E-state index in [9.17, 15) is 13.2 Å². The number of aryl methyl sites for hydroxylation is 1. The van der Waals surface area contributed by atoms with Crippen LogP contribution in [0.2, 0.25) is 0 Å². The van der Waals surface area contributed by atoms with Crippen LogP contribution >= 0.6 is 0 Å². The van der Waals surface area contributed by atoms with Gasteiger partial charge in [-0.2, -0.15) is 13.2 Å². The van der Waals surface area contributed by atoms with Crippen molar-refractivity contribution in [3.8, 4) is 5.75 Å². The monoisotopic (exact) mass is 346 g/mol. The van der Waals surface area contributed by atoms with E-state index in [1.54, 1.807) is 12.1 Å². The highest BCUT2D eigenvalue weighted by Crippen LogP contribution is 2.19. The fourth-order valence-electron chi connectivity index (χ4n) is 1.86. The van der Waals surface area contributed by atoms with Crippen LogP contribution in [0.25, 0.3) is 5.53 Å². The topological polar surface area (TPSA) is 106 Å². The second-order valence-electron chi connectivity index (χ2n) is 4.82. The quantitative estimate of drug-likeness (QED) is 0.270. The van der Waals surface area contributed by atoms with Gasteiger partial charge in [-0.1, -0.05) is 17.7 Å². The van der Waals surface area contributed by atoms with Gasteiger partial charge in [0.1, 0.15) is 10.6 Å². The van der Waals surface area contributed by atoms with Crippen LogP contribution in [-0.4, -0.2) is 32.0 Å². The molecule has 0 aromatic heterocycles. The van der Waals surface area contributed by atoms with Crippen LogP contribution in [0.1, 0.15) is 11.1 Å². The molecule has 0 aliphatic rings. The molecule has 0 radical (unpaired) electrons. The van der Waals surface area contributed by atoms with Gasteiger partial charge in [0.05, 0.1) is 12.7 Å². The zero-order valence-corrected chi connectivity index (χ0v) is 13.8. The van der Waals surface area contributed by atoms with Crippen LogP contribution in [0.15, 0.2) is 53.4 Å². The van der Waals surface area contributed by atoms with E-state index in [0.29, 0.717) is 0 Å². The Kier molecular flexibility index (Phi) is 5.13. The molecule has 0 saturated carbocycles. The van der Waals surface area contributed by atoms with Crippen molar-refractivity contribution in [3.05, 3.63) is 65.2 Å². The lowest BCUT2D eigenvalue weighted by Crippen LogP contribution is -2.18. The normalized spacial score (nSPS) is 10.6. The summed E-state index contributed by atoms with van der Waals surface area (Å²) in [6.45, 7) is 1.84. The summed E-state index contributed by atoms with van der Waals surface area (Å²) in [4.78, 5) is 14.3. The maximum Gasteiger partial charge on any atom is 0.422 e. The third-order valence-electron chi connectivity index (χ3n) is 3.12. The Bertz CT molecular complexity index is 896. The smallest absolute Gasteiger partial charge is 0.422 e. The van der Waals surface area contributed by atoms with E-state index in [4.69, 9.17) is 9.71 Å². The summed E-state index contributed by atoms with van der Waals surface area (Å²) >= 11 is 0. The van der Waals surface area contributed by atoms with Gasteiger partial charge in [0.25, 0.3) is 0 Å². The predicted molar refractivity (Wildman–Crippen MR) is 85.2 cm³/mol. The largest absolute Gasteiger partial charge is 0.460 e. The van der Waals surface area contributed by atoms with E-state index >= 15 is 0 Å².